The molecular weight excluding hydrogens is 357 g/mol. The van der Waals surface area contributed by atoms with Gasteiger partial charge in [-0.25, -0.2) is 8.42 Å². The number of nitro benzene ring substituents is 1. The maximum atomic E-state index is 13.3. The minimum atomic E-state index is -3.71. The summed E-state index contributed by atoms with van der Waals surface area (Å²) in [6.07, 6.45) is 0. The van der Waals surface area contributed by atoms with E-state index in [9.17, 15) is 18.5 Å². The monoisotopic (exact) mass is 371 g/mol. The van der Waals surface area contributed by atoms with Crippen LogP contribution in [0.15, 0.2) is 89.8 Å². The van der Waals surface area contributed by atoms with Crippen LogP contribution in [0.25, 0.3) is 0 Å². The zero-order valence-corrected chi connectivity index (χ0v) is 14.7. The molecule has 0 amide bonds. The second-order valence-electron chi connectivity index (χ2n) is 5.19. The number of benzene rings is 3. The van der Waals surface area contributed by atoms with E-state index in [-0.39, 0.29) is 10.6 Å². The number of hydrogen-bond donors (Lipinski definition) is 0. The molecule has 126 valence electrons. The summed E-state index contributed by atoms with van der Waals surface area (Å²) < 4.78 is 26.5. The number of non-ortho nitro benzene ring substituents is 1. The van der Waals surface area contributed by atoms with Crippen LogP contribution in [0.1, 0.15) is 0 Å². The van der Waals surface area contributed by atoms with Gasteiger partial charge in [0.2, 0.25) is 9.46 Å². The molecule has 0 atom stereocenters. The van der Waals surface area contributed by atoms with E-state index in [0.29, 0.717) is 10.6 Å². The first-order chi connectivity index (χ1) is 12.0. The highest BCUT2D eigenvalue weighted by Crippen LogP contribution is 2.45. The molecule has 0 N–H and O–H groups in total. The summed E-state index contributed by atoms with van der Waals surface area (Å²) in [7, 11) is -5.40. The molecule has 0 aromatic heterocycles. The van der Waals surface area contributed by atoms with E-state index in [0.717, 1.165) is 0 Å². The Labute approximate surface area is 146 Å². The van der Waals surface area contributed by atoms with Crippen LogP contribution in [-0.2, 0) is 9.46 Å². The Balaban J connectivity index is 2.13. The molecule has 5 nitrogen and oxygen atoms in total. The van der Waals surface area contributed by atoms with Crippen molar-refractivity contribution in [1.29, 1.82) is 0 Å². The van der Waals surface area contributed by atoms with Gasteiger partial charge >= 0.3 is 0 Å². The van der Waals surface area contributed by atoms with Crippen LogP contribution in [0.5, 0.6) is 0 Å². The largest absolute Gasteiger partial charge is 0.269 e. The lowest BCUT2D eigenvalue weighted by Crippen LogP contribution is -2.18. The molecule has 7 heteroatoms. The van der Waals surface area contributed by atoms with Crippen molar-refractivity contribution >= 4 is 32.9 Å². The normalized spacial score (nSPS) is 11.4. The lowest BCUT2D eigenvalue weighted by atomic mass is 10.3. The average Bonchev–Trinajstić information content (AvgIpc) is 2.63. The van der Waals surface area contributed by atoms with Crippen molar-refractivity contribution in [3.8, 4) is 0 Å². The van der Waals surface area contributed by atoms with Gasteiger partial charge in [-0.1, -0.05) is 60.7 Å². The lowest BCUT2D eigenvalue weighted by Gasteiger charge is -2.18. The zero-order valence-electron chi connectivity index (χ0n) is 13.0. The highest BCUT2D eigenvalue weighted by molar-refractivity contribution is 8.54. The molecule has 0 fully saturated rings. The maximum Gasteiger partial charge on any atom is 0.269 e. The van der Waals surface area contributed by atoms with Gasteiger partial charge in [-0.3, -0.25) is 10.1 Å². The van der Waals surface area contributed by atoms with Gasteiger partial charge in [-0.05, 0) is 22.7 Å². The minimum absolute atomic E-state index is 0.0805. The molecule has 0 aliphatic carbocycles. The molecule has 0 radical (unpaired) electrons. The Hall–Kier alpha value is -2.56. The number of nitrogens with zero attached hydrogens (tertiary/aromatic N) is 1. The van der Waals surface area contributed by atoms with Gasteiger partial charge in [-0.15, -0.1) is 0 Å². The molecule has 0 unspecified atom stereocenters. The van der Waals surface area contributed by atoms with Crippen LogP contribution in [0.4, 0.5) is 5.69 Å². The van der Waals surface area contributed by atoms with E-state index >= 15 is 0 Å². The third-order valence-corrected chi connectivity index (χ3v) is 9.79. The standard InChI is InChI=1S/C18H14NO4PS/c20-19(21)15-11-13-18(14-12-15)25(22,23)24(16-7-3-1-4-8-16)17-9-5-2-6-10-17/h1-14H. The predicted octanol–water partition coefficient (Wildman–Crippen LogP) is 3.42. The second-order valence-corrected chi connectivity index (χ2v) is 10.8. The molecule has 25 heavy (non-hydrogen) atoms. The number of hydrogen-bond acceptors (Lipinski definition) is 4. The lowest BCUT2D eigenvalue weighted by molar-refractivity contribution is -0.384. The number of nitro groups is 1. The van der Waals surface area contributed by atoms with Gasteiger partial charge in [0.15, 0.2) is 0 Å². The van der Waals surface area contributed by atoms with Gasteiger partial charge in [0, 0.05) is 12.1 Å². The van der Waals surface area contributed by atoms with Crippen LogP contribution in [-0.4, -0.2) is 13.3 Å². The van der Waals surface area contributed by atoms with Gasteiger partial charge in [-0.2, -0.15) is 0 Å². The third-order valence-electron chi connectivity index (χ3n) is 3.57. The fourth-order valence-corrected chi connectivity index (χ4v) is 8.22. The Morgan fingerprint density at radius 2 is 1.16 bits per heavy atom. The van der Waals surface area contributed by atoms with E-state index < -0.39 is 21.5 Å². The topological polar surface area (TPSA) is 77.3 Å². The first-order valence-corrected chi connectivity index (χ1v) is 10.8. The van der Waals surface area contributed by atoms with Crippen molar-refractivity contribution in [1.82, 2.24) is 0 Å². The Morgan fingerprint density at radius 3 is 1.56 bits per heavy atom. The highest BCUT2D eigenvalue weighted by Gasteiger charge is 2.31. The van der Waals surface area contributed by atoms with Crippen LogP contribution < -0.4 is 10.6 Å². The molecular formula is C18H14NO4PS. The van der Waals surface area contributed by atoms with Crippen molar-refractivity contribution in [3.63, 3.8) is 0 Å². The molecule has 3 aromatic rings. The summed E-state index contributed by atoms with van der Waals surface area (Å²) in [5.41, 5.74) is -0.136. The first kappa shape index (κ1) is 17.3. The highest BCUT2D eigenvalue weighted by atomic mass is 32.8. The van der Waals surface area contributed by atoms with Gasteiger partial charge in [0.25, 0.3) is 5.69 Å². The molecule has 0 saturated heterocycles. The fourth-order valence-electron chi connectivity index (χ4n) is 2.40. The van der Waals surface area contributed by atoms with Crippen molar-refractivity contribution in [2.24, 2.45) is 0 Å². The summed E-state index contributed by atoms with van der Waals surface area (Å²) in [5.74, 6) is 0. The average molecular weight is 371 g/mol. The smallest absolute Gasteiger partial charge is 0.258 e. The van der Waals surface area contributed by atoms with Gasteiger partial charge < -0.3 is 0 Å². The first-order valence-electron chi connectivity index (χ1n) is 7.40. The quantitative estimate of drug-likeness (QED) is 0.391. The summed E-state index contributed by atoms with van der Waals surface area (Å²) in [6.45, 7) is 0. The minimum Gasteiger partial charge on any atom is -0.258 e. The summed E-state index contributed by atoms with van der Waals surface area (Å²) >= 11 is 0. The van der Waals surface area contributed by atoms with Gasteiger partial charge in [0.05, 0.1) is 16.9 Å². The zero-order chi connectivity index (χ0) is 17.9. The van der Waals surface area contributed by atoms with E-state index in [4.69, 9.17) is 0 Å². The van der Waals surface area contributed by atoms with E-state index in [2.05, 4.69) is 0 Å². The maximum absolute atomic E-state index is 13.3. The van der Waals surface area contributed by atoms with Crippen molar-refractivity contribution in [3.05, 3.63) is 95.0 Å². The third kappa shape index (κ3) is 3.60. The Morgan fingerprint density at radius 1 is 0.720 bits per heavy atom. The molecule has 3 aromatic carbocycles. The van der Waals surface area contributed by atoms with Gasteiger partial charge in [0.1, 0.15) is 0 Å². The van der Waals surface area contributed by atoms with E-state index in [1.807, 2.05) is 12.1 Å². The van der Waals surface area contributed by atoms with Crippen LogP contribution in [0.2, 0.25) is 0 Å². The van der Waals surface area contributed by atoms with Crippen molar-refractivity contribution in [2.45, 2.75) is 4.90 Å². The summed E-state index contributed by atoms with van der Waals surface area (Å²) in [5, 5.41) is 12.2. The predicted molar refractivity (Wildman–Crippen MR) is 99.4 cm³/mol. The fraction of sp³-hybridized carbons (Fsp3) is 0. The Bertz CT molecular complexity index is 935. The summed E-state index contributed by atoms with van der Waals surface area (Å²) in [6, 6.07) is 23.1. The molecule has 0 aliphatic rings. The second kappa shape index (κ2) is 7.13. The molecule has 0 heterocycles. The van der Waals surface area contributed by atoms with Crippen LogP contribution in [0.3, 0.4) is 0 Å². The molecule has 0 saturated carbocycles. The Kier molecular flexibility index (Phi) is 4.93. The summed E-state index contributed by atoms with van der Waals surface area (Å²) in [4.78, 5) is 10.3. The molecule has 3 rings (SSSR count). The van der Waals surface area contributed by atoms with Crippen LogP contribution >= 0.6 is 7.12 Å². The molecule has 0 aliphatic heterocycles. The molecule has 0 bridgehead atoms. The van der Waals surface area contributed by atoms with Crippen molar-refractivity contribution < 1.29 is 13.3 Å². The van der Waals surface area contributed by atoms with E-state index in [1.54, 1.807) is 48.5 Å². The molecule has 0 spiro atoms. The van der Waals surface area contributed by atoms with E-state index in [1.165, 1.54) is 24.3 Å². The van der Waals surface area contributed by atoms with Crippen molar-refractivity contribution in [2.75, 3.05) is 0 Å². The number of rotatable bonds is 5. The SMILES string of the molecule is O=[N+]([O-])c1ccc(S(=O)(=O)P(c2ccccc2)c2ccccc2)cc1. The van der Waals surface area contributed by atoms with Crippen LogP contribution in [0, 0.1) is 10.1 Å².